The molecule has 4 nitrogen and oxygen atoms in total. The maximum absolute atomic E-state index is 10.9. The van der Waals surface area contributed by atoms with Crippen molar-refractivity contribution in [3.63, 3.8) is 0 Å². The van der Waals surface area contributed by atoms with Gasteiger partial charge in [-0.2, -0.15) is 0 Å². The molecular weight excluding hydrogens is 242 g/mol. The van der Waals surface area contributed by atoms with Crippen molar-refractivity contribution in [1.29, 1.82) is 0 Å². The quantitative estimate of drug-likeness (QED) is 0.731. The van der Waals surface area contributed by atoms with Crippen molar-refractivity contribution in [3.8, 4) is 0 Å². The Labute approximate surface area is 113 Å². The highest BCUT2D eigenvalue weighted by Crippen LogP contribution is 2.26. The molecule has 1 aliphatic carbocycles. The summed E-state index contributed by atoms with van der Waals surface area (Å²) in [6.45, 7) is 3.41. The first-order chi connectivity index (χ1) is 9.06. The van der Waals surface area contributed by atoms with Crippen molar-refractivity contribution in [2.45, 2.75) is 38.3 Å². The van der Waals surface area contributed by atoms with Crippen LogP contribution in [0, 0.1) is 5.92 Å². The number of carboxylic acids is 1. The molecule has 0 bridgehead atoms. The largest absolute Gasteiger partial charge is 0.481 e. The van der Waals surface area contributed by atoms with Crippen molar-refractivity contribution >= 4 is 5.97 Å². The monoisotopic (exact) mass is 263 g/mol. The smallest absolute Gasteiger partial charge is 0.310 e. The zero-order chi connectivity index (χ0) is 13.8. The van der Waals surface area contributed by atoms with Crippen molar-refractivity contribution in [2.75, 3.05) is 6.54 Å². The number of rotatable bonds is 6. The Bertz CT molecular complexity index is 424. The Hall–Kier alpha value is -1.39. The van der Waals surface area contributed by atoms with Crippen LogP contribution in [0.25, 0.3) is 0 Å². The minimum Gasteiger partial charge on any atom is -0.481 e. The molecule has 1 aliphatic rings. The Balaban J connectivity index is 1.77. The van der Waals surface area contributed by atoms with Gasteiger partial charge in [-0.15, -0.1) is 0 Å². The van der Waals surface area contributed by atoms with E-state index in [0.717, 1.165) is 37.1 Å². The Kier molecular flexibility index (Phi) is 4.56. The van der Waals surface area contributed by atoms with E-state index in [0.29, 0.717) is 5.92 Å². The molecular formula is C15H21NO3. The summed E-state index contributed by atoms with van der Waals surface area (Å²) in [5, 5.41) is 21.5. The topological polar surface area (TPSA) is 69.6 Å². The predicted octanol–water partition coefficient (Wildman–Crippen LogP) is 1.74. The fraction of sp³-hybridized carbons (Fsp3) is 0.533. The number of benzene rings is 1. The highest BCUT2D eigenvalue weighted by Gasteiger charge is 2.26. The first-order valence-electron chi connectivity index (χ1n) is 6.76. The molecule has 0 spiro atoms. The van der Waals surface area contributed by atoms with Crippen LogP contribution in [-0.2, 0) is 11.3 Å². The molecule has 2 rings (SSSR count). The van der Waals surface area contributed by atoms with E-state index in [1.54, 1.807) is 6.92 Å². The average Bonchev–Trinajstić information content (AvgIpc) is 2.36. The number of hydrogen-bond donors (Lipinski definition) is 3. The van der Waals surface area contributed by atoms with Crippen LogP contribution < -0.4 is 5.32 Å². The maximum Gasteiger partial charge on any atom is 0.310 e. The van der Waals surface area contributed by atoms with E-state index in [1.165, 1.54) is 0 Å². The number of aliphatic hydroxyl groups is 1. The lowest BCUT2D eigenvalue weighted by atomic mass is 9.82. The summed E-state index contributed by atoms with van der Waals surface area (Å²) < 4.78 is 0. The van der Waals surface area contributed by atoms with Crippen molar-refractivity contribution in [1.82, 2.24) is 5.32 Å². The van der Waals surface area contributed by atoms with Gasteiger partial charge >= 0.3 is 5.97 Å². The van der Waals surface area contributed by atoms with Crippen LogP contribution in [0.4, 0.5) is 0 Å². The van der Waals surface area contributed by atoms with Gasteiger partial charge in [0.15, 0.2) is 0 Å². The summed E-state index contributed by atoms with van der Waals surface area (Å²) in [5.41, 5.74) is 1.99. The number of aliphatic hydroxyl groups excluding tert-OH is 1. The first-order valence-corrected chi connectivity index (χ1v) is 6.76. The lowest BCUT2D eigenvalue weighted by Crippen LogP contribution is -2.35. The van der Waals surface area contributed by atoms with E-state index in [9.17, 15) is 9.90 Å². The van der Waals surface area contributed by atoms with E-state index in [4.69, 9.17) is 5.11 Å². The minimum absolute atomic E-state index is 0.0939. The SMILES string of the molecule is CC(C(=O)O)c1ccc(CNCC2CC(O)C2)cc1. The third kappa shape index (κ3) is 3.78. The first kappa shape index (κ1) is 14.0. The summed E-state index contributed by atoms with van der Waals surface area (Å²) in [5.74, 6) is -0.658. The molecule has 4 heteroatoms. The molecule has 1 aromatic carbocycles. The highest BCUT2D eigenvalue weighted by atomic mass is 16.4. The summed E-state index contributed by atoms with van der Waals surface area (Å²) >= 11 is 0. The Morgan fingerprint density at radius 3 is 2.53 bits per heavy atom. The number of aliphatic carboxylic acids is 1. The van der Waals surface area contributed by atoms with Crippen LogP contribution in [0.1, 0.15) is 36.8 Å². The van der Waals surface area contributed by atoms with Crippen LogP contribution >= 0.6 is 0 Å². The molecule has 0 saturated heterocycles. The second-order valence-corrected chi connectivity index (χ2v) is 5.42. The lowest BCUT2D eigenvalue weighted by Gasteiger charge is -2.31. The Morgan fingerprint density at radius 2 is 2.00 bits per heavy atom. The van der Waals surface area contributed by atoms with Crippen LogP contribution in [0.2, 0.25) is 0 Å². The summed E-state index contributed by atoms with van der Waals surface area (Å²) in [7, 11) is 0. The highest BCUT2D eigenvalue weighted by molar-refractivity contribution is 5.75. The molecule has 1 aromatic rings. The Morgan fingerprint density at radius 1 is 1.37 bits per heavy atom. The summed E-state index contributed by atoms with van der Waals surface area (Å²) in [4.78, 5) is 10.9. The van der Waals surface area contributed by atoms with Crippen molar-refractivity contribution in [3.05, 3.63) is 35.4 Å². The van der Waals surface area contributed by atoms with Gasteiger partial charge in [0.25, 0.3) is 0 Å². The predicted molar refractivity (Wildman–Crippen MR) is 72.9 cm³/mol. The number of hydrogen-bond acceptors (Lipinski definition) is 3. The maximum atomic E-state index is 10.9. The second kappa shape index (κ2) is 6.17. The third-order valence-corrected chi connectivity index (χ3v) is 3.82. The lowest BCUT2D eigenvalue weighted by molar-refractivity contribution is -0.138. The van der Waals surface area contributed by atoms with Crippen molar-refractivity contribution in [2.24, 2.45) is 5.92 Å². The molecule has 1 saturated carbocycles. The van der Waals surface area contributed by atoms with Crippen molar-refractivity contribution < 1.29 is 15.0 Å². The van der Waals surface area contributed by atoms with Gasteiger partial charge < -0.3 is 15.5 Å². The van der Waals surface area contributed by atoms with E-state index >= 15 is 0 Å². The average molecular weight is 263 g/mol. The van der Waals surface area contributed by atoms with Crippen LogP contribution in [0.3, 0.4) is 0 Å². The molecule has 0 heterocycles. The van der Waals surface area contributed by atoms with E-state index in [2.05, 4.69) is 5.32 Å². The van der Waals surface area contributed by atoms with E-state index < -0.39 is 11.9 Å². The van der Waals surface area contributed by atoms with Gasteiger partial charge in [0.1, 0.15) is 0 Å². The minimum atomic E-state index is -0.797. The molecule has 19 heavy (non-hydrogen) atoms. The van der Waals surface area contributed by atoms with Gasteiger partial charge in [0, 0.05) is 6.54 Å². The van der Waals surface area contributed by atoms with Crippen LogP contribution in [0.5, 0.6) is 0 Å². The molecule has 1 atom stereocenters. The number of carbonyl (C=O) groups is 1. The fourth-order valence-corrected chi connectivity index (χ4v) is 2.35. The van der Waals surface area contributed by atoms with Crippen LogP contribution in [0.15, 0.2) is 24.3 Å². The van der Waals surface area contributed by atoms with Gasteiger partial charge in [0.2, 0.25) is 0 Å². The normalized spacial score (nSPS) is 23.7. The molecule has 0 aliphatic heterocycles. The molecule has 0 radical (unpaired) electrons. The second-order valence-electron chi connectivity index (χ2n) is 5.42. The van der Waals surface area contributed by atoms with Gasteiger partial charge in [-0.05, 0) is 43.4 Å². The van der Waals surface area contributed by atoms with Gasteiger partial charge in [-0.3, -0.25) is 4.79 Å². The van der Waals surface area contributed by atoms with Gasteiger partial charge in [0.05, 0.1) is 12.0 Å². The summed E-state index contributed by atoms with van der Waals surface area (Å²) in [6.07, 6.45) is 1.72. The van der Waals surface area contributed by atoms with E-state index in [-0.39, 0.29) is 6.10 Å². The number of nitrogens with one attached hydrogen (secondary N) is 1. The molecule has 3 N–H and O–H groups in total. The molecule has 1 fully saturated rings. The zero-order valence-electron chi connectivity index (χ0n) is 11.2. The van der Waals surface area contributed by atoms with E-state index in [1.807, 2.05) is 24.3 Å². The van der Waals surface area contributed by atoms with Gasteiger partial charge in [-0.25, -0.2) is 0 Å². The molecule has 1 unspecified atom stereocenters. The molecule has 104 valence electrons. The third-order valence-electron chi connectivity index (χ3n) is 3.82. The zero-order valence-corrected chi connectivity index (χ0v) is 11.2. The van der Waals surface area contributed by atoms with Gasteiger partial charge in [-0.1, -0.05) is 24.3 Å². The van der Waals surface area contributed by atoms with Crippen LogP contribution in [-0.4, -0.2) is 28.8 Å². The molecule has 0 aromatic heterocycles. The molecule has 0 amide bonds. The fourth-order valence-electron chi connectivity index (χ4n) is 2.35. The standard InChI is InChI=1S/C15H21NO3/c1-10(15(18)19)13-4-2-11(3-5-13)8-16-9-12-6-14(17)7-12/h2-5,10,12,14,16-17H,6-9H2,1H3,(H,18,19). The number of carboxylic acid groups (broad SMARTS) is 1. The summed E-state index contributed by atoms with van der Waals surface area (Å²) in [6, 6.07) is 7.70.